The molecule has 3 rings (SSSR count). The predicted octanol–water partition coefficient (Wildman–Crippen LogP) is 4.64. The van der Waals surface area contributed by atoms with Gasteiger partial charge in [0.15, 0.2) is 0 Å². The molecule has 0 saturated heterocycles. The topological polar surface area (TPSA) is 33.2 Å². The third-order valence-electron chi connectivity index (χ3n) is 3.38. The number of carbonyl (C=O) groups excluding carboxylic acids is 1. The first-order valence-corrected chi connectivity index (χ1v) is 8.88. The first-order valence-electron chi connectivity index (χ1n) is 6.75. The third-order valence-corrected chi connectivity index (χ3v) is 5.63. The van der Waals surface area contributed by atoms with E-state index in [9.17, 15) is 4.79 Å². The van der Waals surface area contributed by atoms with Crippen molar-refractivity contribution in [2.75, 3.05) is 11.4 Å². The molecule has 1 aliphatic heterocycles. The highest BCUT2D eigenvalue weighted by molar-refractivity contribution is 8.00. The summed E-state index contributed by atoms with van der Waals surface area (Å²) in [5.41, 5.74) is 1.41. The van der Waals surface area contributed by atoms with Gasteiger partial charge in [0.2, 0.25) is 0 Å². The van der Waals surface area contributed by atoms with Crippen LogP contribution >= 0.6 is 34.7 Å². The summed E-state index contributed by atoms with van der Waals surface area (Å²) in [5.74, 6) is -0.0439. The molecule has 0 fully saturated rings. The van der Waals surface area contributed by atoms with Gasteiger partial charge in [-0.25, -0.2) is 4.98 Å². The minimum absolute atomic E-state index is 0.0439. The van der Waals surface area contributed by atoms with E-state index in [1.165, 1.54) is 11.3 Å². The lowest BCUT2D eigenvalue weighted by atomic mass is 10.2. The minimum atomic E-state index is -0.0439. The van der Waals surface area contributed by atoms with E-state index in [0.717, 1.165) is 22.0 Å². The third kappa shape index (κ3) is 3.10. The van der Waals surface area contributed by atoms with Gasteiger partial charge >= 0.3 is 0 Å². The number of fused-ring (bicyclic) bond motifs is 1. The monoisotopic (exact) mass is 338 g/mol. The van der Waals surface area contributed by atoms with E-state index in [4.69, 9.17) is 11.6 Å². The van der Waals surface area contributed by atoms with Gasteiger partial charge < -0.3 is 4.90 Å². The fourth-order valence-corrected chi connectivity index (χ4v) is 4.17. The molecule has 1 amide bonds. The van der Waals surface area contributed by atoms with Gasteiger partial charge in [0.1, 0.15) is 5.69 Å². The van der Waals surface area contributed by atoms with Crippen LogP contribution in [0.4, 0.5) is 5.69 Å². The molecule has 1 unspecified atom stereocenters. The van der Waals surface area contributed by atoms with E-state index in [-0.39, 0.29) is 5.91 Å². The van der Waals surface area contributed by atoms with Crippen LogP contribution in [0, 0.1) is 6.92 Å². The molecule has 1 aromatic heterocycles. The molecule has 0 bridgehead atoms. The van der Waals surface area contributed by atoms with E-state index in [1.54, 1.807) is 11.8 Å². The number of aryl methyl sites for hydroxylation is 1. The van der Waals surface area contributed by atoms with Gasteiger partial charge in [-0.05, 0) is 31.5 Å². The summed E-state index contributed by atoms with van der Waals surface area (Å²) in [6, 6.07) is 5.75. The van der Waals surface area contributed by atoms with E-state index in [2.05, 4.69) is 11.9 Å². The van der Waals surface area contributed by atoms with Gasteiger partial charge in [-0.2, -0.15) is 0 Å². The standard InChI is InChI=1S/C15H15ClN2OS2/c1-9-5-6-18(15(19)12-8-20-10(2)17-12)13-7-11(16)3-4-14(13)21-9/h3-4,7-9H,5-6H2,1-2H3. The van der Waals surface area contributed by atoms with Crippen molar-refractivity contribution in [2.45, 2.75) is 30.4 Å². The van der Waals surface area contributed by atoms with Crippen molar-refractivity contribution >= 4 is 46.3 Å². The molecule has 0 saturated carbocycles. The van der Waals surface area contributed by atoms with Crippen LogP contribution in [0.2, 0.25) is 5.02 Å². The molecule has 0 N–H and O–H groups in total. The first-order chi connectivity index (χ1) is 10.0. The van der Waals surface area contributed by atoms with E-state index < -0.39 is 0 Å². The Bertz CT molecular complexity index is 686. The van der Waals surface area contributed by atoms with Gasteiger partial charge in [-0.3, -0.25) is 4.79 Å². The SMILES string of the molecule is Cc1nc(C(=O)N2CCC(C)Sc3ccc(Cl)cc32)cs1. The molecule has 0 aliphatic carbocycles. The number of nitrogens with zero attached hydrogens (tertiary/aromatic N) is 2. The summed E-state index contributed by atoms with van der Waals surface area (Å²) < 4.78 is 0. The number of halogens is 1. The number of rotatable bonds is 1. The van der Waals surface area contributed by atoms with Crippen LogP contribution in [0.15, 0.2) is 28.5 Å². The van der Waals surface area contributed by atoms with Crippen molar-refractivity contribution in [2.24, 2.45) is 0 Å². The van der Waals surface area contributed by atoms with Crippen LogP contribution in [0.3, 0.4) is 0 Å². The number of anilines is 1. The first kappa shape index (κ1) is 14.9. The van der Waals surface area contributed by atoms with Crippen LogP contribution in [0.1, 0.15) is 28.8 Å². The second kappa shape index (κ2) is 5.99. The Hall–Kier alpha value is -1.04. The highest BCUT2D eigenvalue weighted by Gasteiger charge is 2.26. The number of hydrogen-bond donors (Lipinski definition) is 0. The maximum absolute atomic E-state index is 12.8. The Labute approximate surface area is 137 Å². The van der Waals surface area contributed by atoms with Crippen molar-refractivity contribution < 1.29 is 4.79 Å². The molecule has 1 aromatic carbocycles. The fourth-order valence-electron chi connectivity index (χ4n) is 2.32. The lowest BCUT2D eigenvalue weighted by Gasteiger charge is -2.21. The average molecular weight is 339 g/mol. The van der Waals surface area contributed by atoms with Gasteiger partial charge in [0.05, 0.1) is 10.7 Å². The van der Waals surface area contributed by atoms with E-state index in [1.807, 2.05) is 35.4 Å². The van der Waals surface area contributed by atoms with E-state index >= 15 is 0 Å². The molecule has 6 heteroatoms. The number of amides is 1. The molecular weight excluding hydrogens is 324 g/mol. The molecule has 21 heavy (non-hydrogen) atoms. The second-order valence-electron chi connectivity index (χ2n) is 5.04. The predicted molar refractivity (Wildman–Crippen MR) is 89.9 cm³/mol. The number of carbonyl (C=O) groups is 1. The van der Waals surface area contributed by atoms with Crippen molar-refractivity contribution in [1.29, 1.82) is 0 Å². The zero-order chi connectivity index (χ0) is 15.0. The lowest BCUT2D eigenvalue weighted by molar-refractivity contribution is 0.0982. The highest BCUT2D eigenvalue weighted by Crippen LogP contribution is 2.39. The summed E-state index contributed by atoms with van der Waals surface area (Å²) in [5, 5.41) is 3.85. The lowest BCUT2D eigenvalue weighted by Crippen LogP contribution is -2.32. The molecule has 0 radical (unpaired) electrons. The van der Waals surface area contributed by atoms with Crippen LogP contribution in [-0.4, -0.2) is 22.7 Å². The summed E-state index contributed by atoms with van der Waals surface area (Å²) in [6.45, 7) is 4.79. The molecular formula is C15H15ClN2OS2. The second-order valence-corrected chi connectivity index (χ2v) is 8.02. The van der Waals surface area contributed by atoms with Crippen LogP contribution in [0.5, 0.6) is 0 Å². The Morgan fingerprint density at radius 1 is 1.48 bits per heavy atom. The Morgan fingerprint density at radius 2 is 2.29 bits per heavy atom. The zero-order valence-electron chi connectivity index (χ0n) is 11.8. The Kier molecular flexibility index (Phi) is 4.24. The van der Waals surface area contributed by atoms with Crippen molar-refractivity contribution in [1.82, 2.24) is 4.98 Å². The van der Waals surface area contributed by atoms with Gasteiger partial charge in [-0.15, -0.1) is 23.1 Å². The molecule has 1 atom stereocenters. The molecule has 2 aromatic rings. The maximum Gasteiger partial charge on any atom is 0.277 e. The number of thiazole rings is 1. The van der Waals surface area contributed by atoms with Gasteiger partial charge in [-0.1, -0.05) is 18.5 Å². The van der Waals surface area contributed by atoms with Crippen LogP contribution in [0.25, 0.3) is 0 Å². The van der Waals surface area contributed by atoms with E-state index in [0.29, 0.717) is 22.5 Å². The normalized spacial score (nSPS) is 18.2. The number of benzene rings is 1. The average Bonchev–Trinajstić information content (AvgIpc) is 2.80. The fraction of sp³-hybridized carbons (Fsp3) is 0.333. The van der Waals surface area contributed by atoms with Gasteiger partial charge in [0.25, 0.3) is 5.91 Å². The van der Waals surface area contributed by atoms with Crippen LogP contribution in [-0.2, 0) is 0 Å². The zero-order valence-corrected chi connectivity index (χ0v) is 14.2. The van der Waals surface area contributed by atoms with Crippen molar-refractivity contribution in [3.8, 4) is 0 Å². The van der Waals surface area contributed by atoms with Gasteiger partial charge in [0, 0.05) is 27.1 Å². The van der Waals surface area contributed by atoms with Crippen molar-refractivity contribution in [3.05, 3.63) is 39.3 Å². The molecule has 1 aliphatic rings. The Morgan fingerprint density at radius 3 is 3.00 bits per heavy atom. The largest absolute Gasteiger partial charge is 0.306 e. The Balaban J connectivity index is 2.02. The molecule has 0 spiro atoms. The quantitative estimate of drug-likeness (QED) is 0.759. The number of hydrogen-bond acceptors (Lipinski definition) is 4. The highest BCUT2D eigenvalue weighted by atomic mass is 35.5. The summed E-state index contributed by atoms with van der Waals surface area (Å²) >= 11 is 9.42. The number of aromatic nitrogens is 1. The maximum atomic E-state index is 12.8. The minimum Gasteiger partial charge on any atom is -0.306 e. The number of thioether (sulfide) groups is 1. The van der Waals surface area contributed by atoms with Crippen molar-refractivity contribution in [3.63, 3.8) is 0 Å². The summed E-state index contributed by atoms with van der Waals surface area (Å²) in [7, 11) is 0. The summed E-state index contributed by atoms with van der Waals surface area (Å²) in [6.07, 6.45) is 0.950. The molecule has 110 valence electrons. The summed E-state index contributed by atoms with van der Waals surface area (Å²) in [4.78, 5) is 20.0. The molecule has 2 heterocycles. The smallest absolute Gasteiger partial charge is 0.277 e. The molecule has 3 nitrogen and oxygen atoms in total. The van der Waals surface area contributed by atoms with Crippen LogP contribution < -0.4 is 4.90 Å².